The summed E-state index contributed by atoms with van der Waals surface area (Å²) in [5.41, 5.74) is 4.16. The largest absolute Gasteiger partial charge is 0.506 e. The molecule has 2 heterocycles. The Kier molecular flexibility index (Phi) is 4.64. The van der Waals surface area contributed by atoms with E-state index in [1.54, 1.807) is 23.0 Å². The summed E-state index contributed by atoms with van der Waals surface area (Å²) in [6, 6.07) is 4.69. The lowest BCUT2D eigenvalue weighted by Crippen LogP contribution is -2.01. The molecule has 3 rings (SSSR count). The topological polar surface area (TPSA) is 88.2 Å². The van der Waals surface area contributed by atoms with Crippen molar-refractivity contribution in [3.05, 3.63) is 58.1 Å². The van der Waals surface area contributed by atoms with E-state index in [0.29, 0.717) is 22.2 Å². The number of nitrogens with one attached hydrogen (secondary N) is 1. The van der Waals surface area contributed by atoms with E-state index in [0.717, 1.165) is 5.56 Å². The van der Waals surface area contributed by atoms with Crippen molar-refractivity contribution in [2.75, 3.05) is 5.43 Å². The highest BCUT2D eigenvalue weighted by molar-refractivity contribution is 6.36. The predicted molar refractivity (Wildman–Crippen MR) is 93.2 cm³/mol. The van der Waals surface area contributed by atoms with Crippen LogP contribution >= 0.6 is 23.2 Å². The zero-order valence-electron chi connectivity index (χ0n) is 12.5. The molecule has 0 fully saturated rings. The molecule has 0 bridgehead atoms. The number of hydrogen-bond donors (Lipinski definition) is 2. The molecule has 0 spiro atoms. The van der Waals surface area contributed by atoms with E-state index in [1.165, 1.54) is 18.6 Å². The van der Waals surface area contributed by atoms with Crippen LogP contribution in [0.2, 0.25) is 10.0 Å². The molecule has 122 valence electrons. The van der Waals surface area contributed by atoms with Gasteiger partial charge in [-0.1, -0.05) is 23.2 Å². The van der Waals surface area contributed by atoms with Crippen LogP contribution < -0.4 is 5.43 Å². The van der Waals surface area contributed by atoms with Crippen LogP contribution in [-0.2, 0) is 0 Å². The van der Waals surface area contributed by atoms with Crippen LogP contribution in [0.5, 0.6) is 5.75 Å². The molecule has 0 aliphatic carbocycles. The maximum Gasteiger partial charge on any atom is 0.158 e. The molecule has 2 aromatic heterocycles. The Balaban J connectivity index is 1.78. The number of hydrazone groups is 1. The maximum absolute atomic E-state index is 9.87. The van der Waals surface area contributed by atoms with Gasteiger partial charge in [0.05, 0.1) is 17.4 Å². The lowest BCUT2D eigenvalue weighted by molar-refractivity contribution is 0.475. The lowest BCUT2D eigenvalue weighted by Gasteiger charge is -2.04. The Morgan fingerprint density at radius 3 is 2.83 bits per heavy atom. The number of aryl methyl sites for hydroxylation is 1. The third kappa shape index (κ3) is 3.64. The van der Waals surface area contributed by atoms with Gasteiger partial charge < -0.3 is 5.11 Å². The zero-order chi connectivity index (χ0) is 17.1. The number of rotatable bonds is 4. The zero-order valence-corrected chi connectivity index (χ0v) is 14.0. The number of aromatic hydroxyl groups is 1. The molecule has 24 heavy (non-hydrogen) atoms. The Bertz CT molecular complexity index is 909. The second-order valence-corrected chi connectivity index (χ2v) is 5.76. The molecule has 0 unspecified atom stereocenters. The fraction of sp³-hybridized carbons (Fsp3) is 0.0667. The smallest absolute Gasteiger partial charge is 0.158 e. The standard InChI is InChI=1S/C15H12Cl2N6O/c1-9-5-21-23(7-9)14-4-13(18-8-19-14)22-20-6-10-2-11(16)3-12(17)15(10)24/h2-8,24H,1H3,(H,18,19,22). The van der Waals surface area contributed by atoms with Crippen LogP contribution in [-0.4, -0.2) is 31.1 Å². The maximum atomic E-state index is 9.87. The number of benzene rings is 1. The van der Waals surface area contributed by atoms with E-state index >= 15 is 0 Å². The third-order valence-corrected chi connectivity index (χ3v) is 3.55. The second-order valence-electron chi connectivity index (χ2n) is 4.92. The highest BCUT2D eigenvalue weighted by Gasteiger charge is 2.06. The summed E-state index contributed by atoms with van der Waals surface area (Å²) >= 11 is 11.8. The van der Waals surface area contributed by atoms with E-state index in [-0.39, 0.29) is 10.8 Å². The molecule has 0 radical (unpaired) electrons. The van der Waals surface area contributed by atoms with Gasteiger partial charge in [-0.2, -0.15) is 10.2 Å². The van der Waals surface area contributed by atoms with Crippen LogP contribution in [0.1, 0.15) is 11.1 Å². The first kappa shape index (κ1) is 16.2. The van der Waals surface area contributed by atoms with Gasteiger partial charge in [0.2, 0.25) is 0 Å². The van der Waals surface area contributed by atoms with Gasteiger partial charge >= 0.3 is 0 Å². The predicted octanol–water partition coefficient (Wildman–Crippen LogP) is 3.43. The van der Waals surface area contributed by atoms with Crippen LogP contribution in [0.4, 0.5) is 5.82 Å². The SMILES string of the molecule is Cc1cnn(-c2cc(NN=Cc3cc(Cl)cc(Cl)c3O)ncn2)c1. The first-order chi connectivity index (χ1) is 11.5. The van der Waals surface area contributed by atoms with Crippen molar-refractivity contribution >= 4 is 35.2 Å². The summed E-state index contributed by atoms with van der Waals surface area (Å²) in [6.07, 6.45) is 6.38. The van der Waals surface area contributed by atoms with E-state index < -0.39 is 0 Å². The van der Waals surface area contributed by atoms with Crippen molar-refractivity contribution in [1.29, 1.82) is 0 Å². The molecule has 0 saturated heterocycles. The average Bonchev–Trinajstić information content (AvgIpc) is 2.99. The lowest BCUT2D eigenvalue weighted by atomic mass is 10.2. The van der Waals surface area contributed by atoms with Crippen molar-refractivity contribution in [3.63, 3.8) is 0 Å². The number of anilines is 1. The molecular weight excluding hydrogens is 351 g/mol. The Labute approximate surface area is 147 Å². The van der Waals surface area contributed by atoms with Crippen LogP contribution in [0, 0.1) is 6.92 Å². The van der Waals surface area contributed by atoms with Crippen molar-refractivity contribution < 1.29 is 5.11 Å². The molecule has 9 heteroatoms. The van der Waals surface area contributed by atoms with Gasteiger partial charge in [-0.25, -0.2) is 14.6 Å². The summed E-state index contributed by atoms with van der Waals surface area (Å²) in [6.45, 7) is 1.94. The quantitative estimate of drug-likeness (QED) is 0.548. The number of phenolic OH excluding ortho intramolecular Hbond substituents is 1. The Morgan fingerprint density at radius 1 is 1.25 bits per heavy atom. The highest BCUT2D eigenvalue weighted by atomic mass is 35.5. The Morgan fingerprint density at radius 2 is 2.08 bits per heavy atom. The number of nitrogens with zero attached hydrogens (tertiary/aromatic N) is 5. The number of hydrogen-bond acceptors (Lipinski definition) is 6. The van der Waals surface area contributed by atoms with Crippen molar-refractivity contribution in [3.8, 4) is 11.6 Å². The van der Waals surface area contributed by atoms with Gasteiger partial charge in [0, 0.05) is 22.8 Å². The minimum absolute atomic E-state index is 0.0954. The fourth-order valence-electron chi connectivity index (χ4n) is 1.92. The number of aromatic nitrogens is 4. The first-order valence-corrected chi connectivity index (χ1v) is 7.59. The van der Waals surface area contributed by atoms with Crippen molar-refractivity contribution in [1.82, 2.24) is 19.7 Å². The van der Waals surface area contributed by atoms with Crippen molar-refractivity contribution in [2.45, 2.75) is 6.92 Å². The van der Waals surface area contributed by atoms with Gasteiger partial charge in [0.1, 0.15) is 12.1 Å². The molecule has 7 nitrogen and oxygen atoms in total. The minimum atomic E-state index is -0.0954. The number of phenols is 1. The molecule has 3 aromatic rings. The van der Waals surface area contributed by atoms with E-state index in [1.807, 2.05) is 13.1 Å². The molecule has 0 aliphatic rings. The number of halogens is 2. The second kappa shape index (κ2) is 6.86. The van der Waals surface area contributed by atoms with Crippen LogP contribution in [0.25, 0.3) is 5.82 Å². The van der Waals surface area contributed by atoms with Crippen molar-refractivity contribution in [2.24, 2.45) is 5.10 Å². The van der Waals surface area contributed by atoms with Gasteiger partial charge in [-0.15, -0.1) is 0 Å². The van der Waals surface area contributed by atoms with Crippen LogP contribution in [0.3, 0.4) is 0 Å². The average molecular weight is 363 g/mol. The normalized spacial score (nSPS) is 11.1. The summed E-state index contributed by atoms with van der Waals surface area (Å²) in [5, 5.41) is 18.6. The fourth-order valence-corrected chi connectivity index (χ4v) is 2.43. The molecular formula is C15H12Cl2N6O. The summed E-state index contributed by atoms with van der Waals surface area (Å²) in [4.78, 5) is 8.22. The molecule has 0 amide bonds. The first-order valence-electron chi connectivity index (χ1n) is 6.84. The molecule has 0 aliphatic heterocycles. The molecule has 2 N–H and O–H groups in total. The highest BCUT2D eigenvalue weighted by Crippen LogP contribution is 2.29. The van der Waals surface area contributed by atoms with Gasteiger partial charge in [-0.05, 0) is 24.6 Å². The Hall–Kier alpha value is -2.64. The monoisotopic (exact) mass is 362 g/mol. The van der Waals surface area contributed by atoms with E-state index in [9.17, 15) is 5.11 Å². The van der Waals surface area contributed by atoms with E-state index in [2.05, 4.69) is 25.6 Å². The summed E-state index contributed by atoms with van der Waals surface area (Å²) in [7, 11) is 0. The molecule has 0 atom stereocenters. The molecule has 1 aromatic carbocycles. The summed E-state index contributed by atoms with van der Waals surface area (Å²) in [5.74, 6) is 0.975. The van der Waals surface area contributed by atoms with E-state index in [4.69, 9.17) is 23.2 Å². The van der Waals surface area contributed by atoms with Gasteiger partial charge in [-0.3, -0.25) is 5.43 Å². The van der Waals surface area contributed by atoms with Gasteiger partial charge in [0.25, 0.3) is 0 Å². The minimum Gasteiger partial charge on any atom is -0.506 e. The van der Waals surface area contributed by atoms with Crippen LogP contribution in [0.15, 0.2) is 42.0 Å². The molecule has 0 saturated carbocycles. The van der Waals surface area contributed by atoms with Gasteiger partial charge in [0.15, 0.2) is 11.6 Å². The summed E-state index contributed by atoms with van der Waals surface area (Å²) < 4.78 is 1.63. The third-order valence-electron chi connectivity index (χ3n) is 3.04.